The first kappa shape index (κ1) is 17.9. The molecule has 6 heteroatoms. The third-order valence-corrected chi connectivity index (χ3v) is 5.13. The van der Waals surface area contributed by atoms with Gasteiger partial charge in [-0.05, 0) is 37.5 Å². The molecule has 1 aliphatic rings. The van der Waals surface area contributed by atoms with Crippen LogP contribution in [-0.4, -0.2) is 30.0 Å². The van der Waals surface area contributed by atoms with E-state index in [1.807, 2.05) is 23.0 Å². The summed E-state index contributed by atoms with van der Waals surface area (Å²) in [6, 6.07) is 7.96. The Morgan fingerprint density at radius 2 is 2.20 bits per heavy atom. The summed E-state index contributed by atoms with van der Waals surface area (Å²) in [5.41, 5.74) is 4.86. The number of nitrogens with one attached hydrogen (secondary N) is 2. The lowest BCUT2D eigenvalue weighted by atomic mass is 10.1. The summed E-state index contributed by atoms with van der Waals surface area (Å²) < 4.78 is 0. The third-order valence-electron chi connectivity index (χ3n) is 4.49. The Hall–Kier alpha value is -1.92. The second-order valence-corrected chi connectivity index (χ2v) is 7.15. The summed E-state index contributed by atoms with van der Waals surface area (Å²) in [5, 5.41) is 8.42. The number of carbonyl (C=O) groups excluding carboxylic acids is 1. The van der Waals surface area contributed by atoms with E-state index in [-0.39, 0.29) is 11.9 Å². The Labute approximate surface area is 153 Å². The van der Waals surface area contributed by atoms with Crippen molar-refractivity contribution >= 4 is 28.6 Å². The number of nitrogens with zero attached hydrogens (tertiary/aromatic N) is 2. The summed E-state index contributed by atoms with van der Waals surface area (Å²) in [5.74, 6) is 0.0238. The van der Waals surface area contributed by atoms with E-state index in [9.17, 15) is 4.79 Å². The molecule has 1 saturated heterocycles. The van der Waals surface area contributed by atoms with Crippen LogP contribution in [0.4, 0.5) is 11.4 Å². The van der Waals surface area contributed by atoms with E-state index in [1.54, 1.807) is 11.3 Å². The zero-order valence-corrected chi connectivity index (χ0v) is 15.5. The van der Waals surface area contributed by atoms with Gasteiger partial charge < -0.3 is 15.5 Å². The van der Waals surface area contributed by atoms with E-state index < -0.39 is 0 Å². The van der Waals surface area contributed by atoms with Gasteiger partial charge in [0, 0.05) is 36.4 Å². The molecule has 2 heterocycles. The average Bonchev–Trinajstić information content (AvgIpc) is 3.32. The van der Waals surface area contributed by atoms with Crippen molar-refractivity contribution in [3.8, 4) is 0 Å². The summed E-state index contributed by atoms with van der Waals surface area (Å²) in [4.78, 5) is 19.3. The SMILES string of the molecule is CCCC(NCc1cscn1)C(=O)Nc1cccc(N2CCCC2)c1. The maximum absolute atomic E-state index is 12.7. The van der Waals surface area contributed by atoms with Crippen LogP contribution in [0.15, 0.2) is 35.2 Å². The molecule has 1 aromatic carbocycles. The maximum atomic E-state index is 12.7. The van der Waals surface area contributed by atoms with Gasteiger partial charge in [-0.25, -0.2) is 4.98 Å². The standard InChI is InChI=1S/C19H26N4OS/c1-2-6-18(20-12-16-13-25-14-21-16)19(24)22-15-7-5-8-17(11-15)23-9-3-4-10-23/h5,7-8,11,13-14,18,20H,2-4,6,9-10,12H2,1H3,(H,22,24). The van der Waals surface area contributed by atoms with E-state index in [0.29, 0.717) is 6.54 Å². The molecule has 1 aromatic heterocycles. The summed E-state index contributed by atoms with van der Waals surface area (Å²) in [6.07, 6.45) is 4.25. The van der Waals surface area contributed by atoms with Crippen LogP contribution in [0.2, 0.25) is 0 Å². The van der Waals surface area contributed by atoms with Gasteiger partial charge in [-0.1, -0.05) is 19.4 Å². The van der Waals surface area contributed by atoms with Crippen molar-refractivity contribution in [2.24, 2.45) is 0 Å². The van der Waals surface area contributed by atoms with Gasteiger partial charge in [0.15, 0.2) is 0 Å². The zero-order chi connectivity index (χ0) is 17.5. The Morgan fingerprint density at radius 1 is 1.36 bits per heavy atom. The highest BCUT2D eigenvalue weighted by Crippen LogP contribution is 2.23. The number of carbonyl (C=O) groups is 1. The molecule has 2 N–H and O–H groups in total. The number of rotatable bonds is 8. The van der Waals surface area contributed by atoms with E-state index in [4.69, 9.17) is 0 Å². The molecule has 1 amide bonds. The number of hydrogen-bond acceptors (Lipinski definition) is 5. The number of amides is 1. The van der Waals surface area contributed by atoms with E-state index >= 15 is 0 Å². The van der Waals surface area contributed by atoms with Gasteiger partial charge in [0.05, 0.1) is 17.2 Å². The molecular formula is C19H26N4OS. The van der Waals surface area contributed by atoms with Crippen molar-refractivity contribution in [3.63, 3.8) is 0 Å². The first-order valence-electron chi connectivity index (χ1n) is 9.02. The van der Waals surface area contributed by atoms with Crippen LogP contribution in [0.5, 0.6) is 0 Å². The van der Waals surface area contributed by atoms with Gasteiger partial charge in [-0.3, -0.25) is 4.79 Å². The first-order valence-corrected chi connectivity index (χ1v) is 9.97. The molecule has 2 aromatic rings. The molecule has 1 fully saturated rings. The van der Waals surface area contributed by atoms with Gasteiger partial charge in [-0.2, -0.15) is 0 Å². The lowest BCUT2D eigenvalue weighted by Gasteiger charge is -2.20. The Kier molecular flexibility index (Phi) is 6.42. The molecule has 25 heavy (non-hydrogen) atoms. The van der Waals surface area contributed by atoms with Crippen molar-refractivity contribution in [1.29, 1.82) is 0 Å². The Bertz CT molecular complexity index is 668. The van der Waals surface area contributed by atoms with Crippen LogP contribution in [-0.2, 0) is 11.3 Å². The first-order chi connectivity index (χ1) is 12.3. The molecule has 0 radical (unpaired) electrons. The van der Waals surface area contributed by atoms with Crippen molar-refractivity contribution in [1.82, 2.24) is 10.3 Å². The van der Waals surface area contributed by atoms with Crippen LogP contribution < -0.4 is 15.5 Å². The Morgan fingerprint density at radius 3 is 2.92 bits per heavy atom. The van der Waals surface area contributed by atoms with Crippen molar-refractivity contribution in [2.45, 2.75) is 45.2 Å². The minimum Gasteiger partial charge on any atom is -0.371 e. The van der Waals surface area contributed by atoms with Crippen LogP contribution >= 0.6 is 11.3 Å². The van der Waals surface area contributed by atoms with Gasteiger partial charge in [0.25, 0.3) is 0 Å². The quantitative estimate of drug-likeness (QED) is 0.756. The average molecular weight is 359 g/mol. The molecule has 0 spiro atoms. The molecule has 5 nitrogen and oxygen atoms in total. The predicted molar refractivity (Wildman–Crippen MR) is 104 cm³/mol. The molecule has 1 atom stereocenters. The highest BCUT2D eigenvalue weighted by Gasteiger charge is 2.18. The minimum atomic E-state index is -0.206. The highest BCUT2D eigenvalue weighted by atomic mass is 32.1. The topological polar surface area (TPSA) is 57.3 Å². The van der Waals surface area contributed by atoms with E-state index in [1.165, 1.54) is 18.5 Å². The fourth-order valence-corrected chi connectivity index (χ4v) is 3.71. The second kappa shape index (κ2) is 8.97. The van der Waals surface area contributed by atoms with Crippen LogP contribution in [0.3, 0.4) is 0 Å². The van der Waals surface area contributed by atoms with Crippen LogP contribution in [0.1, 0.15) is 38.3 Å². The maximum Gasteiger partial charge on any atom is 0.241 e. The molecule has 1 aliphatic heterocycles. The van der Waals surface area contributed by atoms with Crippen molar-refractivity contribution in [3.05, 3.63) is 40.8 Å². The fourth-order valence-electron chi connectivity index (χ4n) is 3.15. The largest absolute Gasteiger partial charge is 0.371 e. The Balaban J connectivity index is 1.60. The molecular weight excluding hydrogens is 332 g/mol. The summed E-state index contributed by atoms with van der Waals surface area (Å²) >= 11 is 1.57. The second-order valence-electron chi connectivity index (χ2n) is 6.44. The predicted octanol–water partition coefficient (Wildman–Crippen LogP) is 3.64. The van der Waals surface area contributed by atoms with E-state index in [2.05, 4.69) is 39.6 Å². The smallest absolute Gasteiger partial charge is 0.241 e. The fraction of sp³-hybridized carbons (Fsp3) is 0.474. The molecule has 0 saturated carbocycles. The minimum absolute atomic E-state index is 0.0238. The number of benzene rings is 1. The molecule has 0 aliphatic carbocycles. The zero-order valence-electron chi connectivity index (χ0n) is 14.7. The monoisotopic (exact) mass is 358 g/mol. The number of hydrogen-bond donors (Lipinski definition) is 2. The van der Waals surface area contributed by atoms with Crippen molar-refractivity contribution < 1.29 is 4.79 Å². The van der Waals surface area contributed by atoms with Crippen LogP contribution in [0, 0.1) is 0 Å². The van der Waals surface area contributed by atoms with E-state index in [0.717, 1.165) is 37.3 Å². The normalized spacial score (nSPS) is 15.3. The van der Waals surface area contributed by atoms with Crippen LogP contribution in [0.25, 0.3) is 0 Å². The summed E-state index contributed by atoms with van der Waals surface area (Å²) in [6.45, 7) is 4.92. The number of aromatic nitrogens is 1. The van der Waals surface area contributed by atoms with Gasteiger partial charge in [-0.15, -0.1) is 11.3 Å². The highest BCUT2D eigenvalue weighted by molar-refractivity contribution is 7.07. The van der Waals surface area contributed by atoms with Gasteiger partial charge >= 0.3 is 0 Å². The van der Waals surface area contributed by atoms with Gasteiger partial charge in [0.2, 0.25) is 5.91 Å². The molecule has 134 valence electrons. The molecule has 1 unspecified atom stereocenters. The lowest BCUT2D eigenvalue weighted by molar-refractivity contribution is -0.118. The molecule has 3 rings (SSSR count). The third kappa shape index (κ3) is 5.03. The summed E-state index contributed by atoms with van der Waals surface area (Å²) in [7, 11) is 0. The van der Waals surface area contributed by atoms with Gasteiger partial charge in [0.1, 0.15) is 0 Å². The molecule has 0 bridgehead atoms. The lowest BCUT2D eigenvalue weighted by Crippen LogP contribution is -2.40. The van der Waals surface area contributed by atoms with Crippen molar-refractivity contribution in [2.75, 3.05) is 23.3 Å². The number of anilines is 2. The number of thiazole rings is 1.